The molecule has 0 aliphatic rings. The van der Waals surface area contributed by atoms with Crippen molar-refractivity contribution >= 4 is 24.2 Å². The molecule has 0 fully saturated rings. The molecule has 4 nitrogen and oxygen atoms in total. The zero-order valence-electron chi connectivity index (χ0n) is 11.1. The van der Waals surface area contributed by atoms with Gasteiger partial charge in [0.05, 0.1) is 0 Å². The first-order valence-electron chi connectivity index (χ1n) is 6.11. The van der Waals surface area contributed by atoms with E-state index in [1.165, 1.54) is 29.1 Å². The Morgan fingerprint density at radius 3 is 2.36 bits per heavy atom. The van der Waals surface area contributed by atoms with Crippen molar-refractivity contribution in [1.82, 2.24) is 4.57 Å². The van der Waals surface area contributed by atoms with Gasteiger partial charge in [-0.3, -0.25) is 0 Å². The predicted molar refractivity (Wildman–Crippen MR) is 72.6 cm³/mol. The van der Waals surface area contributed by atoms with Crippen LogP contribution in [0.3, 0.4) is 0 Å². The van der Waals surface area contributed by atoms with Crippen molar-refractivity contribution in [2.75, 3.05) is 0 Å². The van der Waals surface area contributed by atoms with Crippen LogP contribution in [0.2, 0.25) is 0 Å². The van der Waals surface area contributed by atoms with Crippen LogP contribution in [0.15, 0.2) is 48.7 Å². The number of aromatic nitrogens is 1. The smallest absolute Gasteiger partial charge is 0.382 e. The number of benzene rings is 1. The Morgan fingerprint density at radius 1 is 1.05 bits per heavy atom. The van der Waals surface area contributed by atoms with Crippen LogP contribution in [0, 0.1) is 0 Å². The van der Waals surface area contributed by atoms with E-state index in [0.717, 1.165) is 5.56 Å². The highest BCUT2D eigenvalue weighted by molar-refractivity contribution is 5.97. The van der Waals surface area contributed by atoms with Crippen LogP contribution in [-0.4, -0.2) is 22.7 Å². The molecule has 2 rings (SSSR count). The molecular weight excluding hydrogens is 299 g/mol. The minimum Gasteiger partial charge on any atom is -0.382 e. The van der Waals surface area contributed by atoms with E-state index in [1.54, 1.807) is 6.08 Å². The molecule has 0 N–H and O–H groups in total. The van der Waals surface area contributed by atoms with Crippen LogP contribution in [0.1, 0.15) is 16.1 Å². The molecule has 1 heterocycles. The summed E-state index contributed by atoms with van der Waals surface area (Å²) in [7, 11) is 0. The maximum atomic E-state index is 12.1. The van der Waals surface area contributed by atoms with Crippen molar-refractivity contribution in [3.05, 3.63) is 59.9 Å². The van der Waals surface area contributed by atoms with E-state index in [-0.39, 0.29) is 5.69 Å². The first-order chi connectivity index (χ1) is 10.4. The zero-order valence-corrected chi connectivity index (χ0v) is 11.1. The molecular formula is C15H10F3NO3. The van der Waals surface area contributed by atoms with Gasteiger partial charge in [-0.25, -0.2) is 9.59 Å². The number of hydrogen-bond acceptors (Lipinski definition) is 3. The Bertz CT molecular complexity index is 702. The number of alkyl halides is 3. The normalized spacial score (nSPS) is 11.6. The van der Waals surface area contributed by atoms with E-state index >= 15 is 0 Å². The molecule has 0 aliphatic heterocycles. The second-order valence-corrected chi connectivity index (χ2v) is 4.20. The fourth-order valence-electron chi connectivity index (χ4n) is 1.62. The van der Waals surface area contributed by atoms with Crippen molar-refractivity contribution in [2.45, 2.75) is 6.18 Å². The molecule has 0 amide bonds. The molecule has 7 heteroatoms. The van der Waals surface area contributed by atoms with Gasteiger partial charge in [0, 0.05) is 12.4 Å². The summed E-state index contributed by atoms with van der Waals surface area (Å²) in [6.45, 7) is 0. The number of halogens is 3. The summed E-state index contributed by atoms with van der Waals surface area (Å²) in [5.74, 6) is -3.91. The molecule has 0 radical (unpaired) electrons. The highest BCUT2D eigenvalue weighted by Crippen LogP contribution is 2.18. The minimum atomic E-state index is -5.22. The summed E-state index contributed by atoms with van der Waals surface area (Å²) in [6.07, 6.45) is -0.632. The Hall–Kier alpha value is -2.83. The van der Waals surface area contributed by atoms with E-state index in [0.29, 0.717) is 0 Å². The van der Waals surface area contributed by atoms with E-state index < -0.39 is 18.1 Å². The molecule has 1 aromatic carbocycles. The van der Waals surface area contributed by atoms with E-state index in [2.05, 4.69) is 4.74 Å². The average molecular weight is 309 g/mol. The monoisotopic (exact) mass is 309 g/mol. The number of carbonyl (C=O) groups excluding carboxylic acids is 2. The number of carbonyl (C=O) groups is 2. The fraction of sp³-hybridized carbons (Fsp3) is 0.0667. The van der Waals surface area contributed by atoms with Gasteiger partial charge in [-0.2, -0.15) is 13.2 Å². The number of esters is 2. The highest BCUT2D eigenvalue weighted by Gasteiger charge is 2.42. The average Bonchev–Trinajstić information content (AvgIpc) is 2.93. The molecule has 0 aliphatic carbocycles. The molecule has 0 bridgehead atoms. The van der Waals surface area contributed by atoms with Crippen LogP contribution in [0.5, 0.6) is 0 Å². The lowest BCUT2D eigenvalue weighted by molar-refractivity contribution is -0.193. The summed E-state index contributed by atoms with van der Waals surface area (Å²) in [6, 6.07) is 11.8. The second kappa shape index (κ2) is 6.30. The van der Waals surface area contributed by atoms with Crippen LogP contribution in [0.25, 0.3) is 12.3 Å². The first-order valence-corrected chi connectivity index (χ1v) is 6.11. The highest BCUT2D eigenvalue weighted by atomic mass is 19.4. The van der Waals surface area contributed by atoms with Crippen molar-refractivity contribution in [1.29, 1.82) is 0 Å². The van der Waals surface area contributed by atoms with E-state index in [9.17, 15) is 22.8 Å². The van der Waals surface area contributed by atoms with E-state index in [4.69, 9.17) is 0 Å². The van der Waals surface area contributed by atoms with Crippen molar-refractivity contribution in [2.24, 2.45) is 0 Å². The SMILES string of the molecule is O=C(OC(=O)C(F)(F)F)c1cccn1/C=C\c1ccccc1. The zero-order chi connectivity index (χ0) is 16.2. The maximum Gasteiger partial charge on any atom is 0.491 e. The molecule has 0 saturated carbocycles. The molecule has 0 spiro atoms. The van der Waals surface area contributed by atoms with Crippen LogP contribution in [0.4, 0.5) is 13.2 Å². The van der Waals surface area contributed by atoms with Crippen LogP contribution < -0.4 is 0 Å². The lowest BCUT2D eigenvalue weighted by Crippen LogP contribution is -2.28. The quantitative estimate of drug-likeness (QED) is 0.645. The van der Waals surface area contributed by atoms with Crippen LogP contribution >= 0.6 is 0 Å². The third-order valence-electron chi connectivity index (χ3n) is 2.63. The molecule has 114 valence electrons. The second-order valence-electron chi connectivity index (χ2n) is 4.20. The van der Waals surface area contributed by atoms with Gasteiger partial charge in [0.25, 0.3) is 0 Å². The molecule has 2 aromatic rings. The topological polar surface area (TPSA) is 48.3 Å². The van der Waals surface area contributed by atoms with Crippen molar-refractivity contribution in [3.8, 4) is 0 Å². The summed E-state index contributed by atoms with van der Waals surface area (Å²) in [5, 5.41) is 0. The Morgan fingerprint density at radius 2 is 1.73 bits per heavy atom. The molecule has 0 atom stereocenters. The van der Waals surface area contributed by atoms with Gasteiger partial charge in [-0.15, -0.1) is 0 Å². The fourth-order valence-corrected chi connectivity index (χ4v) is 1.62. The van der Waals surface area contributed by atoms with Gasteiger partial charge in [0.1, 0.15) is 5.69 Å². The van der Waals surface area contributed by atoms with E-state index in [1.807, 2.05) is 30.3 Å². The van der Waals surface area contributed by atoms with Crippen molar-refractivity contribution < 1.29 is 27.5 Å². The lowest BCUT2D eigenvalue weighted by Gasteiger charge is -2.06. The van der Waals surface area contributed by atoms with Gasteiger partial charge in [0.15, 0.2) is 0 Å². The standard InChI is InChI=1S/C15H10F3NO3/c16-15(17,18)14(21)22-13(20)12-7-4-9-19(12)10-8-11-5-2-1-3-6-11/h1-10H/b10-8-. The molecule has 0 unspecified atom stereocenters. The third-order valence-corrected chi connectivity index (χ3v) is 2.63. The Balaban J connectivity index is 2.14. The Labute approximate surface area is 123 Å². The first kappa shape index (κ1) is 15.6. The molecule has 0 saturated heterocycles. The van der Waals surface area contributed by atoms with Crippen molar-refractivity contribution in [3.63, 3.8) is 0 Å². The predicted octanol–water partition coefficient (Wildman–Crippen LogP) is 3.36. The number of hydrogen-bond donors (Lipinski definition) is 0. The number of nitrogens with zero attached hydrogens (tertiary/aromatic N) is 1. The lowest BCUT2D eigenvalue weighted by atomic mass is 10.2. The maximum absolute atomic E-state index is 12.1. The molecule has 22 heavy (non-hydrogen) atoms. The molecule has 1 aromatic heterocycles. The third kappa shape index (κ3) is 3.85. The van der Waals surface area contributed by atoms with Gasteiger partial charge >= 0.3 is 18.1 Å². The largest absolute Gasteiger partial charge is 0.491 e. The summed E-state index contributed by atoms with van der Waals surface area (Å²) >= 11 is 0. The summed E-state index contributed by atoms with van der Waals surface area (Å²) in [4.78, 5) is 22.3. The van der Waals surface area contributed by atoms with Gasteiger partial charge in [-0.05, 0) is 23.8 Å². The summed E-state index contributed by atoms with van der Waals surface area (Å²) in [5.41, 5.74) is 0.645. The Kier molecular flexibility index (Phi) is 4.45. The van der Waals surface area contributed by atoms with Gasteiger partial charge < -0.3 is 9.30 Å². The van der Waals surface area contributed by atoms with Crippen LogP contribution in [-0.2, 0) is 9.53 Å². The van der Waals surface area contributed by atoms with Gasteiger partial charge in [-0.1, -0.05) is 30.3 Å². The summed E-state index contributed by atoms with van der Waals surface area (Å²) < 4.78 is 41.3. The van der Waals surface area contributed by atoms with Gasteiger partial charge in [0.2, 0.25) is 0 Å². The number of ether oxygens (including phenoxy) is 1. The number of rotatable bonds is 3. The minimum absolute atomic E-state index is 0.190.